The summed E-state index contributed by atoms with van der Waals surface area (Å²) in [6.45, 7) is 4.05. The van der Waals surface area contributed by atoms with Gasteiger partial charge in [0, 0.05) is 16.5 Å². The van der Waals surface area contributed by atoms with E-state index in [1.807, 2.05) is 13.8 Å². The van der Waals surface area contributed by atoms with Crippen molar-refractivity contribution in [2.75, 3.05) is 6.61 Å². The first-order valence-corrected chi connectivity index (χ1v) is 8.84. The highest BCUT2D eigenvalue weighted by molar-refractivity contribution is 6.33. The molecule has 0 radical (unpaired) electrons. The van der Waals surface area contributed by atoms with Gasteiger partial charge >= 0.3 is 5.97 Å². The summed E-state index contributed by atoms with van der Waals surface area (Å²) in [5, 5.41) is 9.39. The second kappa shape index (κ2) is 7.54. The van der Waals surface area contributed by atoms with Gasteiger partial charge in [-0.3, -0.25) is 4.79 Å². The van der Waals surface area contributed by atoms with Gasteiger partial charge in [0.05, 0.1) is 18.6 Å². The zero-order valence-corrected chi connectivity index (χ0v) is 15.3. The molecule has 2 aromatic carbocycles. The molecule has 138 valence electrons. The lowest BCUT2D eigenvalue weighted by atomic mass is 10.0. The molecule has 0 aliphatic heterocycles. The van der Waals surface area contributed by atoms with E-state index < -0.39 is 11.8 Å². The molecular weight excluding hydrogens is 359 g/mol. The molecule has 26 heavy (non-hydrogen) atoms. The van der Waals surface area contributed by atoms with Crippen molar-refractivity contribution < 1.29 is 23.8 Å². The summed E-state index contributed by atoms with van der Waals surface area (Å²) in [5.74, 6) is -0.997. The Morgan fingerprint density at radius 3 is 2.69 bits per heavy atom. The van der Waals surface area contributed by atoms with Gasteiger partial charge in [-0.1, -0.05) is 17.7 Å². The van der Waals surface area contributed by atoms with Crippen LogP contribution in [0.1, 0.15) is 20.3 Å². The summed E-state index contributed by atoms with van der Waals surface area (Å²) in [7, 11) is 0. The predicted octanol–water partition coefficient (Wildman–Crippen LogP) is 5.03. The molecule has 0 bridgehead atoms. The van der Waals surface area contributed by atoms with E-state index in [0.29, 0.717) is 28.3 Å². The lowest BCUT2D eigenvalue weighted by Crippen LogP contribution is -2.07. The largest absolute Gasteiger partial charge is 0.491 e. The monoisotopic (exact) mass is 378 g/mol. The maximum absolute atomic E-state index is 14.4. The molecule has 0 amide bonds. The Hall–Kier alpha value is -2.27. The minimum absolute atomic E-state index is 0.0218. The van der Waals surface area contributed by atoms with E-state index in [1.165, 1.54) is 12.1 Å². The molecule has 3 rings (SSSR count). The molecule has 1 saturated carbocycles. The van der Waals surface area contributed by atoms with Crippen LogP contribution in [0.4, 0.5) is 4.39 Å². The second-order valence-electron chi connectivity index (χ2n) is 6.70. The lowest BCUT2D eigenvalue weighted by Gasteiger charge is -2.13. The van der Waals surface area contributed by atoms with E-state index in [9.17, 15) is 9.18 Å². The number of hydrogen-bond donors (Lipinski definition) is 1. The molecule has 1 aliphatic carbocycles. The number of hydrogen-bond acceptors (Lipinski definition) is 3. The fraction of sp³-hybridized carbons (Fsp3) is 0.350. The number of rotatable bonds is 7. The molecular formula is C20H20ClFO4. The Labute approximate surface area is 156 Å². The van der Waals surface area contributed by atoms with Gasteiger partial charge in [0.25, 0.3) is 0 Å². The zero-order chi connectivity index (χ0) is 18.8. The molecule has 0 unspecified atom stereocenters. The van der Waals surface area contributed by atoms with E-state index >= 15 is 0 Å². The SMILES string of the molecule is CC(C)Oc1ccc(Cl)c(-c2ccc(OC[C@@H]3C[C@H]3C(=O)O)c(F)c2)c1. The van der Waals surface area contributed by atoms with E-state index in [4.69, 9.17) is 26.2 Å². The van der Waals surface area contributed by atoms with Gasteiger partial charge in [-0.25, -0.2) is 4.39 Å². The highest BCUT2D eigenvalue weighted by atomic mass is 35.5. The van der Waals surface area contributed by atoms with Crippen molar-refractivity contribution in [3.8, 4) is 22.6 Å². The van der Waals surface area contributed by atoms with Crippen LogP contribution in [0.3, 0.4) is 0 Å². The number of benzene rings is 2. The third kappa shape index (κ3) is 4.28. The Bertz CT molecular complexity index is 821. The van der Waals surface area contributed by atoms with Crippen LogP contribution in [0.15, 0.2) is 36.4 Å². The number of ether oxygens (including phenoxy) is 2. The summed E-state index contributed by atoms with van der Waals surface area (Å²) < 4.78 is 25.5. The Balaban J connectivity index is 1.74. The first-order valence-electron chi connectivity index (χ1n) is 8.47. The third-order valence-electron chi connectivity index (χ3n) is 4.25. The predicted molar refractivity (Wildman–Crippen MR) is 97.3 cm³/mol. The number of carboxylic acids is 1. The van der Waals surface area contributed by atoms with Crippen molar-refractivity contribution in [1.82, 2.24) is 0 Å². The Morgan fingerprint density at radius 2 is 2.08 bits per heavy atom. The molecule has 0 aromatic heterocycles. The lowest BCUT2D eigenvalue weighted by molar-refractivity contribution is -0.138. The van der Waals surface area contributed by atoms with Gasteiger partial charge < -0.3 is 14.6 Å². The maximum atomic E-state index is 14.4. The molecule has 0 saturated heterocycles. The molecule has 4 nitrogen and oxygen atoms in total. The highest BCUT2D eigenvalue weighted by Crippen LogP contribution is 2.39. The molecule has 2 atom stereocenters. The van der Waals surface area contributed by atoms with Gasteiger partial charge in [0.15, 0.2) is 11.6 Å². The number of halogens is 2. The molecule has 2 aromatic rings. The van der Waals surface area contributed by atoms with Crippen LogP contribution in [0.2, 0.25) is 5.02 Å². The molecule has 0 heterocycles. The fourth-order valence-electron chi connectivity index (χ4n) is 2.79. The molecule has 1 fully saturated rings. The van der Waals surface area contributed by atoms with Crippen LogP contribution in [0.25, 0.3) is 11.1 Å². The highest BCUT2D eigenvalue weighted by Gasteiger charge is 2.43. The maximum Gasteiger partial charge on any atom is 0.306 e. The first-order chi connectivity index (χ1) is 12.3. The van der Waals surface area contributed by atoms with Crippen molar-refractivity contribution in [3.63, 3.8) is 0 Å². The third-order valence-corrected chi connectivity index (χ3v) is 4.57. The van der Waals surface area contributed by atoms with E-state index in [-0.39, 0.29) is 30.3 Å². The van der Waals surface area contributed by atoms with Crippen LogP contribution < -0.4 is 9.47 Å². The van der Waals surface area contributed by atoms with Crippen molar-refractivity contribution in [3.05, 3.63) is 47.2 Å². The summed E-state index contributed by atoms with van der Waals surface area (Å²) in [6, 6.07) is 9.89. The fourth-order valence-corrected chi connectivity index (χ4v) is 3.01. The van der Waals surface area contributed by atoms with Crippen LogP contribution >= 0.6 is 11.6 Å². The van der Waals surface area contributed by atoms with Gasteiger partial charge in [-0.15, -0.1) is 0 Å². The summed E-state index contributed by atoms with van der Waals surface area (Å²) in [6.07, 6.45) is 0.599. The van der Waals surface area contributed by atoms with Gasteiger partial charge in [-0.2, -0.15) is 0 Å². The van der Waals surface area contributed by atoms with Crippen molar-refractivity contribution in [1.29, 1.82) is 0 Å². The smallest absolute Gasteiger partial charge is 0.306 e. The second-order valence-corrected chi connectivity index (χ2v) is 7.11. The molecule has 1 aliphatic rings. The molecule has 0 spiro atoms. The molecule has 6 heteroatoms. The Kier molecular flexibility index (Phi) is 5.37. The Morgan fingerprint density at radius 1 is 1.31 bits per heavy atom. The number of aliphatic carboxylic acids is 1. The van der Waals surface area contributed by atoms with Gasteiger partial charge in [0.1, 0.15) is 5.75 Å². The van der Waals surface area contributed by atoms with E-state index in [1.54, 1.807) is 24.3 Å². The van der Waals surface area contributed by atoms with E-state index in [0.717, 1.165) is 0 Å². The van der Waals surface area contributed by atoms with Crippen LogP contribution in [0.5, 0.6) is 11.5 Å². The first kappa shape index (κ1) is 18.5. The average Bonchev–Trinajstić information content (AvgIpc) is 3.35. The van der Waals surface area contributed by atoms with E-state index in [2.05, 4.69) is 0 Å². The summed E-state index contributed by atoms with van der Waals surface area (Å²) in [5.41, 5.74) is 1.28. The number of carbonyl (C=O) groups is 1. The van der Waals surface area contributed by atoms with Crippen molar-refractivity contribution in [2.45, 2.75) is 26.4 Å². The van der Waals surface area contributed by atoms with Crippen LogP contribution in [0, 0.1) is 17.7 Å². The number of carboxylic acid groups (broad SMARTS) is 1. The van der Waals surface area contributed by atoms with Crippen molar-refractivity contribution >= 4 is 17.6 Å². The van der Waals surface area contributed by atoms with Gasteiger partial charge in [0.2, 0.25) is 0 Å². The van der Waals surface area contributed by atoms with Crippen molar-refractivity contribution in [2.24, 2.45) is 11.8 Å². The normalized spacial score (nSPS) is 18.7. The van der Waals surface area contributed by atoms with Crippen LogP contribution in [-0.2, 0) is 4.79 Å². The minimum Gasteiger partial charge on any atom is -0.491 e. The quantitative estimate of drug-likeness (QED) is 0.733. The van der Waals surface area contributed by atoms with Gasteiger partial charge in [-0.05, 0) is 56.2 Å². The minimum atomic E-state index is -0.826. The molecule has 1 N–H and O–H groups in total. The topological polar surface area (TPSA) is 55.8 Å². The van der Waals surface area contributed by atoms with Crippen LogP contribution in [-0.4, -0.2) is 23.8 Å². The standard InChI is InChI=1S/C20H20ClFO4/c1-11(2)26-14-4-5-17(21)15(9-14)12-3-6-19(18(22)8-12)25-10-13-7-16(13)20(23)24/h3-6,8-9,11,13,16H,7,10H2,1-2H3,(H,23,24)/t13-,16+/m0/s1. The summed E-state index contributed by atoms with van der Waals surface area (Å²) >= 11 is 6.25. The summed E-state index contributed by atoms with van der Waals surface area (Å²) in [4.78, 5) is 10.8. The average molecular weight is 379 g/mol. The zero-order valence-electron chi connectivity index (χ0n) is 14.5.